The minimum absolute atomic E-state index is 0.0149. The summed E-state index contributed by atoms with van der Waals surface area (Å²) in [6.45, 7) is 0.0149. The molecule has 1 unspecified atom stereocenters. The van der Waals surface area contributed by atoms with Crippen LogP contribution in [0.4, 0.5) is 13.2 Å². The van der Waals surface area contributed by atoms with Crippen molar-refractivity contribution in [2.45, 2.75) is 50.0 Å². The Balaban J connectivity index is 1.15. The van der Waals surface area contributed by atoms with Gasteiger partial charge in [0.25, 0.3) is 5.91 Å². The zero-order valence-electron chi connectivity index (χ0n) is 18.3. The van der Waals surface area contributed by atoms with E-state index >= 15 is 0 Å². The second-order valence-corrected chi connectivity index (χ2v) is 9.81. The van der Waals surface area contributed by atoms with Gasteiger partial charge in [-0.3, -0.25) is 19.4 Å². The van der Waals surface area contributed by atoms with Crippen LogP contribution in [0, 0.1) is 11.8 Å². The zero-order chi connectivity index (χ0) is 25.0. The standard InChI is InChI=1S/C24H21ClF3N3O4/c25-14-2-4-19-16(5-14)18(32)6-20(35-19)22(34)31-23-7-12(8-23)17(9-23)21(33)30-11-15-3-1-13(10-29-15)24(26,27)28/h1-5,10,12,17,20H,6-9,11H2,(H,30,33)(H,31,34)/t12?,17?,20-,23?/m1/s1. The molecule has 0 spiro atoms. The van der Waals surface area contributed by atoms with Crippen molar-refractivity contribution in [3.05, 3.63) is 58.4 Å². The highest BCUT2D eigenvalue weighted by Gasteiger charge is 2.59. The molecule has 3 aliphatic carbocycles. The van der Waals surface area contributed by atoms with Crippen LogP contribution in [0.25, 0.3) is 0 Å². The van der Waals surface area contributed by atoms with Crippen molar-refractivity contribution in [1.29, 1.82) is 0 Å². The summed E-state index contributed by atoms with van der Waals surface area (Å²) in [6, 6.07) is 6.83. The van der Waals surface area contributed by atoms with Gasteiger partial charge in [-0.2, -0.15) is 13.2 Å². The maximum Gasteiger partial charge on any atom is 0.417 e. The van der Waals surface area contributed by atoms with Crippen LogP contribution >= 0.6 is 11.6 Å². The minimum Gasteiger partial charge on any atom is -0.479 e. The van der Waals surface area contributed by atoms with Gasteiger partial charge in [0.2, 0.25) is 5.91 Å². The van der Waals surface area contributed by atoms with Gasteiger partial charge in [0, 0.05) is 22.7 Å². The summed E-state index contributed by atoms with van der Waals surface area (Å²) in [6.07, 6.45) is -3.05. The Hall–Kier alpha value is -3.14. The lowest BCUT2D eigenvalue weighted by Crippen LogP contribution is -2.56. The van der Waals surface area contributed by atoms with E-state index in [0.29, 0.717) is 41.3 Å². The summed E-state index contributed by atoms with van der Waals surface area (Å²) in [4.78, 5) is 41.8. The van der Waals surface area contributed by atoms with Crippen LogP contribution in [0.5, 0.6) is 5.75 Å². The third-order valence-corrected chi connectivity index (χ3v) is 7.22. The molecule has 3 saturated carbocycles. The molecule has 184 valence electrons. The number of rotatable bonds is 5. The fraction of sp³-hybridized carbons (Fsp3) is 0.417. The fourth-order valence-corrected chi connectivity index (χ4v) is 5.40. The maximum absolute atomic E-state index is 12.9. The third kappa shape index (κ3) is 4.59. The number of hydrogen-bond acceptors (Lipinski definition) is 5. The lowest BCUT2D eigenvalue weighted by molar-refractivity contribution is -0.138. The molecule has 3 fully saturated rings. The number of hydrogen-bond donors (Lipinski definition) is 2. The number of Topliss-reactive ketones (excluding diaryl/α,β-unsaturated/α-hetero) is 1. The van der Waals surface area contributed by atoms with Gasteiger partial charge in [-0.05, 0) is 55.5 Å². The Kier molecular flexibility index (Phi) is 5.74. The molecular formula is C24H21ClF3N3O4. The third-order valence-electron chi connectivity index (χ3n) is 6.98. The Morgan fingerprint density at radius 3 is 2.60 bits per heavy atom. The fourth-order valence-electron chi connectivity index (χ4n) is 5.23. The summed E-state index contributed by atoms with van der Waals surface area (Å²) >= 11 is 5.93. The maximum atomic E-state index is 12.9. The predicted octanol–water partition coefficient (Wildman–Crippen LogP) is 3.69. The molecular weight excluding hydrogens is 487 g/mol. The van der Waals surface area contributed by atoms with Crippen molar-refractivity contribution in [2.24, 2.45) is 11.8 Å². The first-order valence-electron chi connectivity index (χ1n) is 11.1. The molecule has 0 saturated heterocycles. The van der Waals surface area contributed by atoms with Crippen molar-refractivity contribution < 1.29 is 32.3 Å². The second kappa shape index (κ2) is 8.51. The van der Waals surface area contributed by atoms with Crippen LogP contribution in [-0.2, 0) is 22.3 Å². The molecule has 1 aromatic heterocycles. The molecule has 0 radical (unpaired) electrons. The van der Waals surface area contributed by atoms with Crippen LogP contribution in [0.3, 0.4) is 0 Å². The summed E-state index contributed by atoms with van der Waals surface area (Å²) in [5.41, 5.74) is -0.704. The normalized spacial score (nSPS) is 26.9. The number of pyridine rings is 1. The number of aromatic nitrogens is 1. The summed E-state index contributed by atoms with van der Waals surface area (Å²) in [5.74, 6) is -0.740. The van der Waals surface area contributed by atoms with E-state index in [-0.39, 0.29) is 36.5 Å². The van der Waals surface area contributed by atoms with Crippen LogP contribution in [0.2, 0.25) is 5.02 Å². The van der Waals surface area contributed by atoms with E-state index in [9.17, 15) is 27.6 Å². The molecule has 4 aliphatic rings. The number of carbonyl (C=O) groups is 3. The molecule has 6 rings (SSSR count). The number of benzene rings is 1. The molecule has 2 N–H and O–H groups in total. The quantitative estimate of drug-likeness (QED) is 0.643. The molecule has 7 nitrogen and oxygen atoms in total. The van der Waals surface area contributed by atoms with Crippen molar-refractivity contribution in [2.75, 3.05) is 0 Å². The van der Waals surface area contributed by atoms with Crippen LogP contribution in [0.15, 0.2) is 36.5 Å². The van der Waals surface area contributed by atoms with Crippen LogP contribution < -0.4 is 15.4 Å². The number of nitrogens with one attached hydrogen (secondary N) is 2. The van der Waals surface area contributed by atoms with Crippen molar-refractivity contribution in [3.8, 4) is 5.75 Å². The zero-order valence-corrected chi connectivity index (χ0v) is 19.1. The lowest BCUT2D eigenvalue weighted by Gasteiger charge is -2.40. The van der Waals surface area contributed by atoms with Gasteiger partial charge in [-0.25, -0.2) is 0 Å². The van der Waals surface area contributed by atoms with E-state index in [1.54, 1.807) is 12.1 Å². The first-order chi connectivity index (χ1) is 16.5. The number of nitrogens with zero attached hydrogens (tertiary/aromatic N) is 1. The second-order valence-electron chi connectivity index (χ2n) is 9.38. The van der Waals surface area contributed by atoms with E-state index in [1.165, 1.54) is 12.1 Å². The van der Waals surface area contributed by atoms with Gasteiger partial charge in [0.05, 0.1) is 29.8 Å². The first kappa shape index (κ1) is 23.6. The predicted molar refractivity (Wildman–Crippen MR) is 118 cm³/mol. The van der Waals surface area contributed by atoms with Crippen LogP contribution in [-0.4, -0.2) is 34.2 Å². The van der Waals surface area contributed by atoms with Gasteiger partial charge in [0.15, 0.2) is 11.9 Å². The average Bonchev–Trinajstić information content (AvgIpc) is 3.33. The molecule has 2 atom stereocenters. The number of carbonyl (C=O) groups excluding carboxylic acids is 3. The highest BCUT2D eigenvalue weighted by Crippen LogP contribution is 2.55. The van der Waals surface area contributed by atoms with E-state index in [1.807, 2.05) is 0 Å². The van der Waals surface area contributed by atoms with Gasteiger partial charge >= 0.3 is 6.18 Å². The average molecular weight is 508 g/mol. The minimum atomic E-state index is -4.47. The van der Waals surface area contributed by atoms with Gasteiger partial charge < -0.3 is 15.4 Å². The monoisotopic (exact) mass is 507 g/mol. The first-order valence-corrected chi connectivity index (χ1v) is 11.5. The Morgan fingerprint density at radius 2 is 1.91 bits per heavy atom. The van der Waals surface area contributed by atoms with E-state index in [2.05, 4.69) is 15.6 Å². The Morgan fingerprint density at radius 1 is 1.14 bits per heavy atom. The number of amides is 2. The number of ketones is 1. The molecule has 2 aromatic rings. The number of ether oxygens (including phenoxy) is 1. The number of alkyl halides is 3. The molecule has 1 aliphatic heterocycles. The summed E-state index contributed by atoms with van der Waals surface area (Å²) in [7, 11) is 0. The molecule has 2 heterocycles. The van der Waals surface area contributed by atoms with Gasteiger partial charge in [-0.15, -0.1) is 0 Å². The van der Waals surface area contributed by atoms with E-state index in [0.717, 1.165) is 12.3 Å². The molecule has 1 aromatic carbocycles. The highest BCUT2D eigenvalue weighted by molar-refractivity contribution is 6.31. The van der Waals surface area contributed by atoms with Gasteiger partial charge in [0.1, 0.15) is 5.75 Å². The number of fused-ring (bicyclic) bond motifs is 2. The Bertz CT molecular complexity index is 1200. The summed E-state index contributed by atoms with van der Waals surface area (Å²) in [5, 5.41) is 6.14. The Labute approximate surface area is 203 Å². The van der Waals surface area contributed by atoms with Crippen molar-refractivity contribution >= 4 is 29.2 Å². The molecule has 35 heavy (non-hydrogen) atoms. The molecule has 2 bridgehead atoms. The van der Waals surface area contributed by atoms with Crippen LogP contribution in [0.1, 0.15) is 47.3 Å². The SMILES string of the molecule is O=C1C[C@H](C(=O)NC23CC(C2)C(C(=O)NCc2ccc(C(F)(F)F)cn2)C3)Oc2ccc(Cl)cc21. The highest BCUT2D eigenvalue weighted by atomic mass is 35.5. The smallest absolute Gasteiger partial charge is 0.417 e. The largest absolute Gasteiger partial charge is 0.479 e. The number of halogens is 4. The van der Waals surface area contributed by atoms with E-state index in [4.69, 9.17) is 16.3 Å². The van der Waals surface area contributed by atoms with Gasteiger partial charge in [-0.1, -0.05) is 11.6 Å². The lowest BCUT2D eigenvalue weighted by atomic mass is 9.76. The van der Waals surface area contributed by atoms with E-state index < -0.39 is 29.3 Å². The summed E-state index contributed by atoms with van der Waals surface area (Å²) < 4.78 is 43.7. The van der Waals surface area contributed by atoms with Crippen molar-refractivity contribution in [1.82, 2.24) is 15.6 Å². The topological polar surface area (TPSA) is 97.4 Å². The molecule has 2 amide bonds. The molecule has 11 heteroatoms. The van der Waals surface area contributed by atoms with Crippen molar-refractivity contribution in [3.63, 3.8) is 0 Å².